The molecule has 0 aliphatic rings. The fourth-order valence-electron chi connectivity index (χ4n) is 1.47. The highest BCUT2D eigenvalue weighted by atomic mass is 32.2. The molecule has 0 fully saturated rings. The molecule has 0 unspecified atom stereocenters. The molecule has 21 heavy (non-hydrogen) atoms. The molecule has 8 heteroatoms. The molecule has 0 aromatic heterocycles. The maximum atomic E-state index is 12.8. The lowest BCUT2D eigenvalue weighted by Gasteiger charge is -2.15. The minimum Gasteiger partial charge on any atom is -0.492 e. The largest absolute Gasteiger partial charge is 0.492 e. The van der Waals surface area contributed by atoms with Crippen LogP contribution in [0.3, 0.4) is 0 Å². The highest BCUT2D eigenvalue weighted by Gasteiger charge is 2.34. The Balaban J connectivity index is 2.92. The molecular formula is C13H15F3O4S. The molecule has 0 bridgehead atoms. The lowest BCUT2D eigenvalue weighted by molar-refractivity contribution is -0.138. The van der Waals surface area contributed by atoms with Crippen LogP contribution in [0.15, 0.2) is 18.2 Å². The van der Waals surface area contributed by atoms with Crippen molar-refractivity contribution in [1.29, 1.82) is 0 Å². The van der Waals surface area contributed by atoms with E-state index in [9.17, 15) is 26.4 Å². The lowest BCUT2D eigenvalue weighted by Crippen LogP contribution is -2.22. The molecule has 0 atom stereocenters. The Morgan fingerprint density at radius 3 is 2.38 bits per heavy atom. The van der Waals surface area contributed by atoms with Crippen LogP contribution in [0.5, 0.6) is 5.75 Å². The third-order valence-corrected chi connectivity index (χ3v) is 4.96. The average Bonchev–Trinajstić information content (AvgIpc) is 2.37. The molecule has 0 spiro atoms. The Bertz CT molecular complexity index is 606. The molecule has 118 valence electrons. The van der Waals surface area contributed by atoms with Gasteiger partial charge in [0.05, 0.1) is 16.6 Å². The van der Waals surface area contributed by atoms with Crippen LogP contribution in [0.4, 0.5) is 13.2 Å². The van der Waals surface area contributed by atoms with Crippen LogP contribution in [0, 0.1) is 0 Å². The molecule has 4 nitrogen and oxygen atoms in total. The molecule has 0 saturated heterocycles. The fraction of sp³-hybridized carbons (Fsp3) is 0.462. The van der Waals surface area contributed by atoms with Crippen molar-refractivity contribution in [2.24, 2.45) is 0 Å². The molecule has 0 amide bonds. The Labute approximate surface area is 120 Å². The van der Waals surface area contributed by atoms with Crippen LogP contribution in [0.2, 0.25) is 0 Å². The summed E-state index contributed by atoms with van der Waals surface area (Å²) in [4.78, 5) is 10.5. The van der Waals surface area contributed by atoms with Crippen molar-refractivity contribution in [3.8, 4) is 5.75 Å². The van der Waals surface area contributed by atoms with Crippen LogP contribution < -0.4 is 4.74 Å². The quantitative estimate of drug-likeness (QED) is 0.755. The number of sulfone groups is 1. The van der Waals surface area contributed by atoms with E-state index in [0.717, 1.165) is 6.07 Å². The van der Waals surface area contributed by atoms with Crippen LogP contribution in [-0.4, -0.2) is 32.3 Å². The van der Waals surface area contributed by atoms with Gasteiger partial charge in [-0.1, -0.05) is 0 Å². The second-order valence-corrected chi connectivity index (χ2v) is 7.31. The molecule has 0 aliphatic heterocycles. The van der Waals surface area contributed by atoms with E-state index in [1.165, 1.54) is 19.9 Å². The average molecular weight is 324 g/mol. The maximum absolute atomic E-state index is 12.8. The van der Waals surface area contributed by atoms with Gasteiger partial charge in [0.2, 0.25) is 0 Å². The SMILES string of the molecule is CC(C)S(=O)(=O)CCOc1ccc(C=O)cc1C(F)(F)F. The molecular weight excluding hydrogens is 309 g/mol. The standard InChI is InChI=1S/C13H15F3O4S/c1-9(2)21(18,19)6-5-20-12-4-3-10(8-17)7-11(12)13(14,15)16/h3-4,7-9H,5-6H2,1-2H3. The molecule has 0 aliphatic carbocycles. The summed E-state index contributed by atoms with van der Waals surface area (Å²) in [5.74, 6) is -0.871. The van der Waals surface area contributed by atoms with Gasteiger partial charge in [-0.05, 0) is 32.0 Å². The number of carbonyl (C=O) groups excluding carboxylic acids is 1. The van der Waals surface area contributed by atoms with Gasteiger partial charge in [0.1, 0.15) is 18.6 Å². The fourth-order valence-corrected chi connectivity index (χ4v) is 2.26. The van der Waals surface area contributed by atoms with Crippen LogP contribution in [-0.2, 0) is 16.0 Å². The molecule has 1 aromatic carbocycles. The zero-order chi connectivity index (χ0) is 16.3. The summed E-state index contributed by atoms with van der Waals surface area (Å²) in [5, 5.41) is -0.624. The minimum absolute atomic E-state index is 0.135. The van der Waals surface area contributed by atoms with Crippen LogP contribution in [0.25, 0.3) is 0 Å². The van der Waals surface area contributed by atoms with Gasteiger partial charge in [-0.3, -0.25) is 4.79 Å². The van der Waals surface area contributed by atoms with E-state index in [2.05, 4.69) is 0 Å². The number of benzene rings is 1. The number of alkyl halides is 3. The number of aldehydes is 1. The Kier molecular flexibility index (Phi) is 5.38. The molecule has 0 heterocycles. The summed E-state index contributed by atoms with van der Waals surface area (Å²) in [6, 6.07) is 2.85. The van der Waals surface area contributed by atoms with Gasteiger partial charge in [-0.15, -0.1) is 0 Å². The molecule has 1 aromatic rings. The minimum atomic E-state index is -4.69. The van der Waals surface area contributed by atoms with Gasteiger partial charge < -0.3 is 4.74 Å². The first-order valence-corrected chi connectivity index (χ1v) is 7.80. The van der Waals surface area contributed by atoms with Gasteiger partial charge in [0.25, 0.3) is 0 Å². The van der Waals surface area contributed by atoms with Crippen molar-refractivity contribution in [3.63, 3.8) is 0 Å². The first-order chi connectivity index (χ1) is 9.58. The number of ether oxygens (including phenoxy) is 1. The van der Waals surface area contributed by atoms with Crippen molar-refractivity contribution < 1.29 is 31.1 Å². The Hall–Kier alpha value is -1.57. The zero-order valence-corrected chi connectivity index (χ0v) is 12.3. The number of hydrogen-bond donors (Lipinski definition) is 0. The van der Waals surface area contributed by atoms with E-state index in [0.29, 0.717) is 12.4 Å². The van der Waals surface area contributed by atoms with E-state index in [-0.39, 0.29) is 17.9 Å². The number of rotatable bonds is 6. The van der Waals surface area contributed by atoms with Gasteiger partial charge in [-0.25, -0.2) is 8.42 Å². The van der Waals surface area contributed by atoms with E-state index < -0.39 is 32.6 Å². The zero-order valence-electron chi connectivity index (χ0n) is 11.5. The molecule has 0 N–H and O–H groups in total. The van der Waals surface area contributed by atoms with Crippen molar-refractivity contribution in [2.75, 3.05) is 12.4 Å². The Morgan fingerprint density at radius 2 is 1.90 bits per heavy atom. The second kappa shape index (κ2) is 6.46. The maximum Gasteiger partial charge on any atom is 0.419 e. The van der Waals surface area contributed by atoms with Gasteiger partial charge >= 0.3 is 6.18 Å². The summed E-state index contributed by atoms with van der Waals surface area (Å²) in [7, 11) is -3.39. The molecule has 0 saturated carbocycles. The monoisotopic (exact) mass is 324 g/mol. The summed E-state index contributed by atoms with van der Waals surface area (Å²) in [6.07, 6.45) is -4.40. The van der Waals surface area contributed by atoms with Crippen molar-refractivity contribution in [2.45, 2.75) is 25.3 Å². The molecule has 0 radical (unpaired) electrons. The summed E-state index contributed by atoms with van der Waals surface area (Å²) in [6.45, 7) is 2.58. The summed E-state index contributed by atoms with van der Waals surface area (Å²) < 4.78 is 66.6. The van der Waals surface area contributed by atoms with Gasteiger partial charge in [0.15, 0.2) is 9.84 Å². The predicted octanol–water partition coefficient (Wildman–Crippen LogP) is 2.72. The van der Waals surface area contributed by atoms with Gasteiger partial charge in [-0.2, -0.15) is 13.2 Å². The van der Waals surface area contributed by atoms with E-state index in [1.54, 1.807) is 0 Å². The number of carbonyl (C=O) groups is 1. The predicted molar refractivity (Wildman–Crippen MR) is 71.2 cm³/mol. The highest BCUT2D eigenvalue weighted by Crippen LogP contribution is 2.36. The van der Waals surface area contributed by atoms with Crippen molar-refractivity contribution in [3.05, 3.63) is 29.3 Å². The van der Waals surface area contributed by atoms with Gasteiger partial charge in [0, 0.05) is 5.56 Å². The van der Waals surface area contributed by atoms with E-state index in [4.69, 9.17) is 4.74 Å². The Morgan fingerprint density at radius 1 is 1.29 bits per heavy atom. The van der Waals surface area contributed by atoms with E-state index >= 15 is 0 Å². The summed E-state index contributed by atoms with van der Waals surface area (Å²) >= 11 is 0. The smallest absolute Gasteiger partial charge is 0.419 e. The third-order valence-electron chi connectivity index (χ3n) is 2.79. The first-order valence-electron chi connectivity index (χ1n) is 6.08. The van der Waals surface area contributed by atoms with E-state index in [1.807, 2.05) is 0 Å². The second-order valence-electron chi connectivity index (χ2n) is 4.64. The highest BCUT2D eigenvalue weighted by molar-refractivity contribution is 7.91. The van der Waals surface area contributed by atoms with Crippen LogP contribution in [0.1, 0.15) is 29.8 Å². The number of hydrogen-bond acceptors (Lipinski definition) is 4. The third kappa shape index (κ3) is 4.73. The molecule has 1 rings (SSSR count). The van der Waals surface area contributed by atoms with Crippen LogP contribution >= 0.6 is 0 Å². The van der Waals surface area contributed by atoms with Crippen molar-refractivity contribution in [1.82, 2.24) is 0 Å². The lowest BCUT2D eigenvalue weighted by atomic mass is 10.1. The summed E-state index contributed by atoms with van der Waals surface area (Å²) in [5.41, 5.74) is -1.24. The topological polar surface area (TPSA) is 60.4 Å². The first kappa shape index (κ1) is 17.5. The number of halogens is 3. The normalized spacial score (nSPS) is 12.5. The van der Waals surface area contributed by atoms with Crippen molar-refractivity contribution >= 4 is 16.1 Å².